The molecule has 2 amide bonds. The fourth-order valence-corrected chi connectivity index (χ4v) is 3.24. The van der Waals surface area contributed by atoms with Gasteiger partial charge in [0.1, 0.15) is 0 Å². The fourth-order valence-electron chi connectivity index (χ4n) is 2.32. The number of hydrogen-bond acceptors (Lipinski definition) is 4. The van der Waals surface area contributed by atoms with Gasteiger partial charge in [0.2, 0.25) is 0 Å². The van der Waals surface area contributed by atoms with Crippen molar-refractivity contribution < 1.29 is 9.59 Å². The smallest absolute Gasteiger partial charge is 0.271 e. The van der Waals surface area contributed by atoms with Crippen LogP contribution in [0.25, 0.3) is 0 Å². The maximum atomic E-state index is 12.2. The predicted octanol–water partition coefficient (Wildman–Crippen LogP) is 5.46. The molecule has 3 rings (SSSR count). The Balaban J connectivity index is 1.69. The molecule has 1 aromatic heterocycles. The molecule has 1 heterocycles. The number of benzene rings is 2. The minimum atomic E-state index is -0.403. The highest BCUT2D eigenvalue weighted by molar-refractivity contribution is 7.12. The molecule has 0 bridgehead atoms. The zero-order chi connectivity index (χ0) is 20.1. The number of hydrazone groups is 1. The van der Waals surface area contributed by atoms with Crippen molar-refractivity contribution in [3.05, 3.63) is 86.0 Å². The fraction of sp³-hybridized carbons (Fsp3) is 0.0500. The molecule has 0 saturated heterocycles. The van der Waals surface area contributed by atoms with Crippen LogP contribution in [0, 0.1) is 0 Å². The molecule has 0 fully saturated rings. The van der Waals surface area contributed by atoms with E-state index < -0.39 is 5.91 Å². The SMILES string of the molecule is CC(=NNC(=O)c1ccc(Cl)c(Cl)c1)c1cccc(NC(=O)c2cccs2)c1. The highest BCUT2D eigenvalue weighted by Crippen LogP contribution is 2.22. The van der Waals surface area contributed by atoms with E-state index in [-0.39, 0.29) is 5.91 Å². The number of anilines is 1. The quantitative estimate of drug-likeness (QED) is 0.415. The largest absolute Gasteiger partial charge is 0.321 e. The van der Waals surface area contributed by atoms with Crippen molar-refractivity contribution in [3.63, 3.8) is 0 Å². The standard InChI is InChI=1S/C20H15Cl2N3O2S/c1-12(24-25-19(26)14-7-8-16(21)17(22)11-14)13-4-2-5-15(10-13)23-20(27)18-6-3-9-28-18/h2-11H,1H3,(H,23,27)(H,25,26). The summed E-state index contributed by atoms with van der Waals surface area (Å²) in [5.74, 6) is -0.574. The number of carbonyl (C=O) groups excluding carboxylic acids is 2. The van der Waals surface area contributed by atoms with E-state index in [2.05, 4.69) is 15.8 Å². The average Bonchev–Trinajstić information content (AvgIpc) is 3.23. The zero-order valence-electron chi connectivity index (χ0n) is 14.7. The lowest BCUT2D eigenvalue weighted by Gasteiger charge is -2.07. The molecule has 0 aliphatic carbocycles. The normalized spacial score (nSPS) is 11.2. The number of hydrogen-bond donors (Lipinski definition) is 2. The Morgan fingerprint density at radius 1 is 0.929 bits per heavy atom. The Bertz CT molecular complexity index is 1050. The second-order valence-corrected chi connectivity index (χ2v) is 7.54. The topological polar surface area (TPSA) is 70.6 Å². The van der Waals surface area contributed by atoms with E-state index in [4.69, 9.17) is 23.2 Å². The Hall–Kier alpha value is -2.67. The van der Waals surface area contributed by atoms with Gasteiger partial charge < -0.3 is 5.32 Å². The summed E-state index contributed by atoms with van der Waals surface area (Å²) in [7, 11) is 0. The van der Waals surface area contributed by atoms with E-state index in [0.29, 0.717) is 31.9 Å². The Kier molecular flexibility index (Phi) is 6.46. The molecular formula is C20H15Cl2N3O2S. The van der Waals surface area contributed by atoms with Gasteiger partial charge in [0.05, 0.1) is 20.6 Å². The van der Waals surface area contributed by atoms with Gasteiger partial charge in [-0.2, -0.15) is 5.10 Å². The van der Waals surface area contributed by atoms with Crippen LogP contribution in [0.2, 0.25) is 10.0 Å². The maximum Gasteiger partial charge on any atom is 0.271 e. The van der Waals surface area contributed by atoms with E-state index >= 15 is 0 Å². The van der Waals surface area contributed by atoms with Gasteiger partial charge >= 0.3 is 0 Å². The van der Waals surface area contributed by atoms with Crippen molar-refractivity contribution >= 4 is 57.8 Å². The first-order valence-corrected chi connectivity index (χ1v) is 9.82. The van der Waals surface area contributed by atoms with Crippen molar-refractivity contribution in [1.29, 1.82) is 0 Å². The van der Waals surface area contributed by atoms with Crippen LogP contribution in [0.4, 0.5) is 5.69 Å². The van der Waals surface area contributed by atoms with Crippen molar-refractivity contribution in [3.8, 4) is 0 Å². The van der Waals surface area contributed by atoms with Crippen LogP contribution in [0.5, 0.6) is 0 Å². The molecule has 2 aromatic carbocycles. The number of amides is 2. The first-order valence-electron chi connectivity index (χ1n) is 8.19. The van der Waals surface area contributed by atoms with Gasteiger partial charge in [-0.25, -0.2) is 5.43 Å². The summed E-state index contributed by atoms with van der Waals surface area (Å²) in [6.07, 6.45) is 0. The molecule has 0 unspecified atom stereocenters. The molecule has 8 heteroatoms. The minimum absolute atomic E-state index is 0.172. The molecule has 0 saturated carbocycles. The van der Waals surface area contributed by atoms with E-state index in [0.717, 1.165) is 5.56 Å². The summed E-state index contributed by atoms with van der Waals surface area (Å²) < 4.78 is 0. The third kappa shape index (κ3) is 4.98. The van der Waals surface area contributed by atoms with Gasteiger partial charge in [0.15, 0.2) is 0 Å². The molecule has 5 nitrogen and oxygen atoms in total. The maximum absolute atomic E-state index is 12.2. The zero-order valence-corrected chi connectivity index (χ0v) is 17.0. The third-order valence-corrected chi connectivity index (χ3v) is 5.40. The van der Waals surface area contributed by atoms with Crippen LogP contribution in [0.1, 0.15) is 32.5 Å². The Morgan fingerprint density at radius 2 is 1.75 bits per heavy atom. The average molecular weight is 432 g/mol. The van der Waals surface area contributed by atoms with E-state index in [9.17, 15) is 9.59 Å². The lowest BCUT2D eigenvalue weighted by Crippen LogP contribution is -2.19. The van der Waals surface area contributed by atoms with Crippen LogP contribution in [0.3, 0.4) is 0 Å². The third-order valence-electron chi connectivity index (χ3n) is 3.79. The van der Waals surface area contributed by atoms with Gasteiger partial charge in [-0.05, 0) is 54.3 Å². The molecular weight excluding hydrogens is 417 g/mol. The van der Waals surface area contributed by atoms with Crippen LogP contribution in [-0.2, 0) is 0 Å². The van der Waals surface area contributed by atoms with Gasteiger partial charge in [-0.1, -0.05) is 41.4 Å². The second-order valence-electron chi connectivity index (χ2n) is 5.78. The highest BCUT2D eigenvalue weighted by Gasteiger charge is 2.09. The molecule has 0 aliphatic rings. The van der Waals surface area contributed by atoms with Crippen molar-refractivity contribution in [2.45, 2.75) is 6.92 Å². The summed E-state index contributed by atoms with van der Waals surface area (Å²) in [4.78, 5) is 25.0. The van der Waals surface area contributed by atoms with Crippen molar-refractivity contribution in [2.75, 3.05) is 5.32 Å². The monoisotopic (exact) mass is 431 g/mol. The van der Waals surface area contributed by atoms with Crippen LogP contribution in [-0.4, -0.2) is 17.5 Å². The minimum Gasteiger partial charge on any atom is -0.321 e. The molecule has 28 heavy (non-hydrogen) atoms. The lowest BCUT2D eigenvalue weighted by atomic mass is 10.1. The van der Waals surface area contributed by atoms with Gasteiger partial charge in [-0.3, -0.25) is 9.59 Å². The highest BCUT2D eigenvalue weighted by atomic mass is 35.5. The van der Waals surface area contributed by atoms with Crippen LogP contribution < -0.4 is 10.7 Å². The molecule has 142 valence electrons. The van der Waals surface area contributed by atoms with Crippen molar-refractivity contribution in [2.24, 2.45) is 5.10 Å². The van der Waals surface area contributed by atoms with E-state index in [1.165, 1.54) is 17.4 Å². The predicted molar refractivity (Wildman–Crippen MR) is 115 cm³/mol. The van der Waals surface area contributed by atoms with E-state index in [1.807, 2.05) is 17.5 Å². The summed E-state index contributed by atoms with van der Waals surface area (Å²) in [5, 5.41) is 9.48. The first kappa shape index (κ1) is 20.1. The van der Waals surface area contributed by atoms with Crippen LogP contribution in [0.15, 0.2) is 65.1 Å². The summed E-state index contributed by atoms with van der Waals surface area (Å²) in [6, 6.07) is 15.4. The molecule has 2 N–H and O–H groups in total. The number of thiophene rings is 1. The summed E-state index contributed by atoms with van der Waals surface area (Å²) >= 11 is 13.2. The molecule has 0 radical (unpaired) electrons. The van der Waals surface area contributed by atoms with E-state index in [1.54, 1.807) is 43.3 Å². The Labute approximate surface area is 176 Å². The van der Waals surface area contributed by atoms with Gasteiger partial charge in [0.25, 0.3) is 11.8 Å². The first-order chi connectivity index (χ1) is 13.4. The summed E-state index contributed by atoms with van der Waals surface area (Å²) in [5.41, 5.74) is 4.82. The number of carbonyl (C=O) groups is 2. The van der Waals surface area contributed by atoms with Crippen molar-refractivity contribution in [1.82, 2.24) is 5.43 Å². The summed E-state index contributed by atoms with van der Waals surface area (Å²) in [6.45, 7) is 1.76. The second kappa shape index (κ2) is 9.01. The Morgan fingerprint density at radius 3 is 2.46 bits per heavy atom. The number of rotatable bonds is 5. The van der Waals surface area contributed by atoms with Gasteiger partial charge in [-0.15, -0.1) is 11.3 Å². The molecule has 0 atom stereocenters. The number of nitrogens with one attached hydrogen (secondary N) is 2. The molecule has 0 spiro atoms. The van der Waals surface area contributed by atoms with Crippen LogP contribution >= 0.6 is 34.5 Å². The number of nitrogens with zero attached hydrogens (tertiary/aromatic N) is 1. The molecule has 0 aliphatic heterocycles. The lowest BCUT2D eigenvalue weighted by molar-refractivity contribution is 0.0954. The number of halogens is 2. The molecule has 3 aromatic rings. The van der Waals surface area contributed by atoms with Gasteiger partial charge in [0, 0.05) is 11.3 Å².